The molecule has 1 aliphatic rings. The van der Waals surface area contributed by atoms with Crippen molar-refractivity contribution in [2.75, 3.05) is 5.32 Å². The van der Waals surface area contributed by atoms with Gasteiger partial charge in [0, 0.05) is 17.8 Å². The lowest BCUT2D eigenvalue weighted by Gasteiger charge is -2.16. The molecule has 0 atom stereocenters. The first-order valence-corrected chi connectivity index (χ1v) is 5.89. The summed E-state index contributed by atoms with van der Waals surface area (Å²) in [5.41, 5.74) is 12.4. The van der Waals surface area contributed by atoms with Crippen molar-refractivity contribution in [1.29, 1.82) is 5.53 Å². The third-order valence-electron chi connectivity index (χ3n) is 3.14. The van der Waals surface area contributed by atoms with Gasteiger partial charge < -0.3 is 5.32 Å². The first-order chi connectivity index (χ1) is 8.88. The monoisotopic (exact) mass is 235 g/mol. The topological polar surface area (TPSA) is 48.2 Å². The third kappa shape index (κ3) is 1.80. The van der Waals surface area contributed by atoms with Crippen LogP contribution in [0.15, 0.2) is 53.6 Å². The quantitative estimate of drug-likeness (QED) is 0.717. The predicted molar refractivity (Wildman–Crippen MR) is 73.2 cm³/mol. The molecule has 0 amide bonds. The Morgan fingerprint density at radius 3 is 2.67 bits per heavy atom. The summed E-state index contributed by atoms with van der Waals surface area (Å²) in [6.07, 6.45) is 1.97. The van der Waals surface area contributed by atoms with Gasteiger partial charge in [-0.2, -0.15) is 5.11 Å². The maximum atomic E-state index is 7.37. The summed E-state index contributed by atoms with van der Waals surface area (Å²) in [4.78, 5) is 0. The Labute approximate surface area is 106 Å². The Morgan fingerprint density at radius 1 is 1.00 bits per heavy atom. The Morgan fingerprint density at radius 2 is 1.78 bits per heavy atom. The third-order valence-corrected chi connectivity index (χ3v) is 3.14. The number of nitrogens with zero attached hydrogens (tertiary/aromatic N) is 1. The summed E-state index contributed by atoms with van der Waals surface area (Å²) in [6.45, 7) is 0.787. The van der Waals surface area contributed by atoms with Gasteiger partial charge in [-0.05, 0) is 23.3 Å². The Balaban J connectivity index is 2.22. The van der Waals surface area contributed by atoms with E-state index in [0.717, 1.165) is 23.4 Å². The summed E-state index contributed by atoms with van der Waals surface area (Å²) in [5, 5.41) is 7.06. The fourth-order valence-corrected chi connectivity index (χ4v) is 2.20. The summed E-state index contributed by atoms with van der Waals surface area (Å²) in [6, 6.07) is 16.1. The van der Waals surface area contributed by atoms with Crippen molar-refractivity contribution < 1.29 is 0 Å². The van der Waals surface area contributed by atoms with Crippen molar-refractivity contribution in [3.63, 3.8) is 0 Å². The van der Waals surface area contributed by atoms with Crippen LogP contribution >= 0.6 is 0 Å². The van der Waals surface area contributed by atoms with Gasteiger partial charge in [-0.1, -0.05) is 42.5 Å². The van der Waals surface area contributed by atoms with Crippen LogP contribution in [-0.2, 0) is 6.54 Å². The zero-order chi connectivity index (χ0) is 12.4. The molecule has 3 heteroatoms. The highest BCUT2D eigenvalue weighted by Gasteiger charge is 2.11. The minimum atomic E-state index is 0.685. The molecular weight excluding hydrogens is 222 g/mol. The van der Waals surface area contributed by atoms with Crippen molar-refractivity contribution in [1.82, 2.24) is 0 Å². The van der Waals surface area contributed by atoms with Gasteiger partial charge in [-0.25, -0.2) is 5.53 Å². The molecule has 1 heterocycles. The van der Waals surface area contributed by atoms with Crippen LogP contribution in [0.4, 0.5) is 5.69 Å². The highest BCUT2D eigenvalue weighted by atomic mass is 15.0. The van der Waals surface area contributed by atoms with E-state index in [0.29, 0.717) is 5.70 Å². The minimum absolute atomic E-state index is 0.685. The molecule has 0 bridgehead atoms. The number of fused-ring (bicyclic) bond motifs is 2. The molecule has 0 saturated carbocycles. The zero-order valence-corrected chi connectivity index (χ0v) is 9.85. The predicted octanol–water partition coefficient (Wildman–Crippen LogP) is 4.14. The molecular formula is C15H13N3. The second kappa shape index (κ2) is 4.45. The van der Waals surface area contributed by atoms with Gasteiger partial charge in [0.2, 0.25) is 0 Å². The van der Waals surface area contributed by atoms with Gasteiger partial charge in [0.25, 0.3) is 0 Å². The van der Waals surface area contributed by atoms with Crippen LogP contribution in [0.25, 0.3) is 11.8 Å². The molecule has 3 nitrogen and oxygen atoms in total. The maximum absolute atomic E-state index is 7.37. The second-order valence-corrected chi connectivity index (χ2v) is 4.24. The first-order valence-electron chi connectivity index (χ1n) is 5.89. The molecule has 3 rings (SSSR count). The largest absolute Gasteiger partial charge is 0.380 e. The fraction of sp³-hybridized carbons (Fsp3) is 0.0667. The molecule has 2 aromatic rings. The highest BCUT2D eigenvalue weighted by Crippen LogP contribution is 2.30. The molecule has 18 heavy (non-hydrogen) atoms. The lowest BCUT2D eigenvalue weighted by atomic mass is 10.0. The van der Waals surface area contributed by atoms with Crippen molar-refractivity contribution in [2.24, 2.45) is 5.11 Å². The van der Waals surface area contributed by atoms with E-state index in [2.05, 4.69) is 22.6 Å². The normalized spacial score (nSPS) is 13.2. The number of nitrogens with one attached hydrogen (secondary N) is 2. The van der Waals surface area contributed by atoms with Crippen molar-refractivity contribution >= 4 is 17.5 Å². The SMILES string of the molecule is N=NC1=Cc2ccccc2CNc2ccccc21. The molecule has 0 radical (unpaired) electrons. The summed E-state index contributed by atoms with van der Waals surface area (Å²) in [5.74, 6) is 0. The number of para-hydroxylation sites is 1. The van der Waals surface area contributed by atoms with E-state index in [1.165, 1.54) is 5.56 Å². The number of rotatable bonds is 1. The molecule has 0 unspecified atom stereocenters. The van der Waals surface area contributed by atoms with Gasteiger partial charge in [0.05, 0.1) is 5.70 Å². The van der Waals surface area contributed by atoms with Crippen LogP contribution < -0.4 is 5.32 Å². The lowest BCUT2D eigenvalue weighted by molar-refractivity contribution is 1.11. The minimum Gasteiger partial charge on any atom is -0.380 e. The summed E-state index contributed by atoms with van der Waals surface area (Å²) >= 11 is 0. The molecule has 2 N–H and O–H groups in total. The molecule has 0 spiro atoms. The highest BCUT2D eigenvalue weighted by molar-refractivity contribution is 5.87. The standard InChI is InChI=1S/C15H13N3/c16-18-15-9-11-5-1-2-6-12(11)10-17-14-8-4-3-7-13(14)15/h1-9,16-17H,10H2. The van der Waals surface area contributed by atoms with E-state index in [1.54, 1.807) is 0 Å². The van der Waals surface area contributed by atoms with Gasteiger partial charge in [0.1, 0.15) is 0 Å². The van der Waals surface area contributed by atoms with Crippen molar-refractivity contribution in [3.8, 4) is 0 Å². The fourth-order valence-electron chi connectivity index (χ4n) is 2.20. The van der Waals surface area contributed by atoms with E-state index in [9.17, 15) is 0 Å². The summed E-state index contributed by atoms with van der Waals surface area (Å²) in [7, 11) is 0. The van der Waals surface area contributed by atoms with Gasteiger partial charge in [-0.3, -0.25) is 0 Å². The van der Waals surface area contributed by atoms with Crippen LogP contribution in [0.1, 0.15) is 16.7 Å². The van der Waals surface area contributed by atoms with Gasteiger partial charge in [-0.15, -0.1) is 0 Å². The molecule has 0 saturated heterocycles. The number of hydrogen-bond donors (Lipinski definition) is 2. The average Bonchev–Trinajstić information content (AvgIpc) is 2.41. The van der Waals surface area contributed by atoms with E-state index >= 15 is 0 Å². The molecule has 1 aliphatic heterocycles. The van der Waals surface area contributed by atoms with Crippen LogP contribution in [0.2, 0.25) is 0 Å². The smallest absolute Gasteiger partial charge is 0.0949 e. The molecule has 88 valence electrons. The van der Waals surface area contributed by atoms with Crippen molar-refractivity contribution in [2.45, 2.75) is 6.54 Å². The Hall–Kier alpha value is -2.42. The van der Waals surface area contributed by atoms with E-state index < -0.39 is 0 Å². The van der Waals surface area contributed by atoms with Gasteiger partial charge >= 0.3 is 0 Å². The molecule has 0 aliphatic carbocycles. The van der Waals surface area contributed by atoms with Crippen LogP contribution in [0, 0.1) is 5.53 Å². The molecule has 0 aromatic heterocycles. The second-order valence-electron chi connectivity index (χ2n) is 4.24. The molecule has 0 fully saturated rings. The van der Waals surface area contributed by atoms with E-state index in [1.807, 2.05) is 42.5 Å². The zero-order valence-electron chi connectivity index (χ0n) is 9.85. The van der Waals surface area contributed by atoms with E-state index in [4.69, 9.17) is 5.53 Å². The van der Waals surface area contributed by atoms with Crippen LogP contribution in [0.5, 0.6) is 0 Å². The Kier molecular flexibility index (Phi) is 2.65. The van der Waals surface area contributed by atoms with Gasteiger partial charge in [0.15, 0.2) is 0 Å². The molecule has 2 aromatic carbocycles. The maximum Gasteiger partial charge on any atom is 0.0949 e. The lowest BCUT2D eigenvalue weighted by Crippen LogP contribution is -2.05. The number of hydrogen-bond acceptors (Lipinski definition) is 3. The number of benzene rings is 2. The first kappa shape index (κ1) is 10.7. The summed E-state index contributed by atoms with van der Waals surface area (Å²) < 4.78 is 0. The number of anilines is 1. The van der Waals surface area contributed by atoms with Crippen LogP contribution in [-0.4, -0.2) is 0 Å². The van der Waals surface area contributed by atoms with E-state index in [-0.39, 0.29) is 0 Å². The van der Waals surface area contributed by atoms with Crippen molar-refractivity contribution in [3.05, 3.63) is 65.2 Å². The average molecular weight is 235 g/mol. The Bertz CT molecular complexity index is 629. The van der Waals surface area contributed by atoms with Crippen LogP contribution in [0.3, 0.4) is 0 Å².